The third-order valence-electron chi connectivity index (χ3n) is 6.35. The molecule has 7 nitrogen and oxygen atoms in total. The van der Waals surface area contributed by atoms with Gasteiger partial charge in [-0.2, -0.15) is 0 Å². The van der Waals surface area contributed by atoms with Crippen LogP contribution in [-0.4, -0.2) is 31.0 Å². The van der Waals surface area contributed by atoms with Crippen LogP contribution in [0.2, 0.25) is 0 Å². The predicted octanol–water partition coefficient (Wildman–Crippen LogP) is 4.70. The molecule has 0 unspecified atom stereocenters. The van der Waals surface area contributed by atoms with E-state index in [2.05, 4.69) is 22.3 Å². The number of hydrogen-bond donors (Lipinski definition) is 1. The van der Waals surface area contributed by atoms with Gasteiger partial charge in [0.15, 0.2) is 0 Å². The minimum absolute atomic E-state index is 0.0830. The van der Waals surface area contributed by atoms with Crippen molar-refractivity contribution in [1.82, 2.24) is 5.32 Å². The second-order valence-electron chi connectivity index (χ2n) is 8.78. The lowest BCUT2D eigenvalue weighted by Gasteiger charge is -2.32. The summed E-state index contributed by atoms with van der Waals surface area (Å²) in [4.78, 5) is 41.7. The van der Waals surface area contributed by atoms with Gasteiger partial charge in [-0.3, -0.25) is 14.9 Å². The molecule has 0 aromatic heterocycles. The molecule has 1 fully saturated rings. The van der Waals surface area contributed by atoms with Crippen molar-refractivity contribution in [2.24, 2.45) is 0 Å². The molecule has 0 radical (unpaired) electrons. The average molecular weight is 482 g/mol. The van der Waals surface area contributed by atoms with Gasteiger partial charge in [0.05, 0.1) is 12.3 Å². The van der Waals surface area contributed by atoms with E-state index >= 15 is 0 Å². The van der Waals surface area contributed by atoms with Crippen LogP contribution in [0, 0.1) is 0 Å². The average Bonchev–Trinajstić information content (AvgIpc) is 2.88. The second kappa shape index (κ2) is 10.1. The maximum absolute atomic E-state index is 13.2. The van der Waals surface area contributed by atoms with Crippen molar-refractivity contribution in [3.05, 3.63) is 95.1 Å². The third-order valence-corrected chi connectivity index (χ3v) is 6.35. The van der Waals surface area contributed by atoms with Gasteiger partial charge in [-0.25, -0.2) is 9.69 Å². The lowest BCUT2D eigenvalue weighted by molar-refractivity contribution is -0.122. The van der Waals surface area contributed by atoms with Crippen molar-refractivity contribution in [2.75, 3.05) is 23.0 Å². The number of benzene rings is 3. The summed E-state index contributed by atoms with van der Waals surface area (Å²) in [6, 6.07) is 22.2. The summed E-state index contributed by atoms with van der Waals surface area (Å²) in [5.74, 6) is -0.722. The van der Waals surface area contributed by atoms with Gasteiger partial charge < -0.3 is 9.64 Å². The molecule has 1 saturated heterocycles. The number of fused-ring (bicyclic) bond motifs is 1. The Labute approximate surface area is 210 Å². The van der Waals surface area contributed by atoms with Crippen molar-refractivity contribution in [3.8, 4) is 5.75 Å². The maximum atomic E-state index is 13.2. The van der Waals surface area contributed by atoms with E-state index in [-0.39, 0.29) is 5.57 Å². The highest BCUT2D eigenvalue weighted by molar-refractivity contribution is 6.39. The Morgan fingerprint density at radius 1 is 0.972 bits per heavy atom. The number of hydrogen-bond acceptors (Lipinski definition) is 5. The molecule has 0 saturated carbocycles. The number of nitrogens with one attached hydrogen (secondary N) is 1. The zero-order valence-electron chi connectivity index (χ0n) is 20.1. The van der Waals surface area contributed by atoms with Crippen LogP contribution in [-0.2, 0) is 22.6 Å². The van der Waals surface area contributed by atoms with Crippen LogP contribution in [0.25, 0.3) is 6.08 Å². The SMILES string of the molecule is CCOc1ccc(N2C(=O)NC(=O)C(=Cc3ccc4c(c3)CCCN4Cc3ccccc3)C2=O)cc1. The molecule has 3 aromatic rings. The molecular formula is C29H27N3O4. The second-order valence-corrected chi connectivity index (χ2v) is 8.78. The molecule has 1 N–H and O–H groups in total. The third kappa shape index (κ3) is 4.73. The molecule has 0 bridgehead atoms. The van der Waals surface area contributed by atoms with Gasteiger partial charge in [-0.1, -0.05) is 36.4 Å². The van der Waals surface area contributed by atoms with Crippen molar-refractivity contribution < 1.29 is 19.1 Å². The molecule has 36 heavy (non-hydrogen) atoms. The van der Waals surface area contributed by atoms with Crippen molar-refractivity contribution in [1.29, 1.82) is 0 Å². The van der Waals surface area contributed by atoms with Crippen LogP contribution < -0.4 is 19.9 Å². The fourth-order valence-electron chi connectivity index (χ4n) is 4.67. The number of urea groups is 1. The first kappa shape index (κ1) is 23.4. The number of carbonyl (C=O) groups is 3. The van der Waals surface area contributed by atoms with E-state index in [4.69, 9.17) is 4.74 Å². The zero-order chi connectivity index (χ0) is 25.1. The van der Waals surface area contributed by atoms with Gasteiger partial charge in [0.25, 0.3) is 11.8 Å². The molecule has 5 rings (SSSR count). The summed E-state index contributed by atoms with van der Waals surface area (Å²) in [6.45, 7) is 4.19. The molecule has 182 valence electrons. The van der Waals surface area contributed by atoms with E-state index in [9.17, 15) is 14.4 Å². The highest BCUT2D eigenvalue weighted by atomic mass is 16.5. The summed E-state index contributed by atoms with van der Waals surface area (Å²) in [5, 5.41) is 2.28. The maximum Gasteiger partial charge on any atom is 0.335 e. The predicted molar refractivity (Wildman–Crippen MR) is 139 cm³/mol. The Hall–Kier alpha value is -4.39. The molecule has 4 amide bonds. The smallest absolute Gasteiger partial charge is 0.335 e. The highest BCUT2D eigenvalue weighted by Gasteiger charge is 2.36. The largest absolute Gasteiger partial charge is 0.494 e. The topological polar surface area (TPSA) is 79.0 Å². The van der Waals surface area contributed by atoms with Crippen LogP contribution in [0.1, 0.15) is 30.0 Å². The van der Waals surface area contributed by atoms with Crippen molar-refractivity contribution in [3.63, 3.8) is 0 Å². The molecular weight excluding hydrogens is 454 g/mol. The van der Waals surface area contributed by atoms with E-state index in [1.54, 1.807) is 30.3 Å². The van der Waals surface area contributed by atoms with E-state index in [1.165, 1.54) is 11.1 Å². The lowest BCUT2D eigenvalue weighted by atomic mass is 9.97. The molecule has 2 heterocycles. The molecule has 2 aliphatic rings. The van der Waals surface area contributed by atoms with Gasteiger partial charge >= 0.3 is 6.03 Å². The Morgan fingerprint density at radius 3 is 2.50 bits per heavy atom. The first-order chi connectivity index (χ1) is 17.5. The fraction of sp³-hybridized carbons (Fsp3) is 0.207. The summed E-state index contributed by atoms with van der Waals surface area (Å²) in [7, 11) is 0. The minimum atomic E-state index is -0.770. The molecule has 7 heteroatoms. The summed E-state index contributed by atoms with van der Waals surface area (Å²) >= 11 is 0. The highest BCUT2D eigenvalue weighted by Crippen LogP contribution is 2.31. The van der Waals surface area contributed by atoms with E-state index in [1.807, 2.05) is 43.3 Å². The van der Waals surface area contributed by atoms with Gasteiger partial charge in [0.2, 0.25) is 0 Å². The Morgan fingerprint density at radius 2 is 1.75 bits per heavy atom. The molecule has 3 aromatic carbocycles. The van der Waals surface area contributed by atoms with Crippen LogP contribution in [0.5, 0.6) is 5.75 Å². The number of rotatable bonds is 6. The van der Waals surface area contributed by atoms with Crippen LogP contribution in [0.3, 0.4) is 0 Å². The number of carbonyl (C=O) groups excluding carboxylic acids is 3. The number of ether oxygens (including phenoxy) is 1. The Balaban J connectivity index is 1.41. The van der Waals surface area contributed by atoms with Crippen molar-refractivity contribution in [2.45, 2.75) is 26.3 Å². The van der Waals surface area contributed by atoms with E-state index in [0.29, 0.717) is 18.0 Å². The molecule has 0 aliphatic carbocycles. The van der Waals surface area contributed by atoms with Crippen LogP contribution in [0.4, 0.5) is 16.2 Å². The number of nitrogens with zero attached hydrogens (tertiary/aromatic N) is 2. The summed E-state index contributed by atoms with van der Waals surface area (Å²) in [5.41, 5.74) is 4.61. The van der Waals surface area contributed by atoms with Gasteiger partial charge in [0, 0.05) is 18.8 Å². The monoisotopic (exact) mass is 481 g/mol. The summed E-state index contributed by atoms with van der Waals surface area (Å²) < 4.78 is 5.43. The number of aryl methyl sites for hydroxylation is 1. The fourth-order valence-corrected chi connectivity index (χ4v) is 4.67. The number of amides is 4. The van der Waals surface area contributed by atoms with Gasteiger partial charge in [-0.05, 0) is 78.9 Å². The van der Waals surface area contributed by atoms with E-state index < -0.39 is 17.8 Å². The molecule has 2 aliphatic heterocycles. The normalized spacial score (nSPS) is 16.7. The van der Waals surface area contributed by atoms with Crippen molar-refractivity contribution >= 4 is 35.3 Å². The van der Waals surface area contributed by atoms with E-state index in [0.717, 1.165) is 42.1 Å². The summed E-state index contributed by atoms with van der Waals surface area (Å²) in [6.07, 6.45) is 3.51. The minimum Gasteiger partial charge on any atom is -0.494 e. The van der Waals surface area contributed by atoms with Gasteiger partial charge in [0.1, 0.15) is 11.3 Å². The lowest BCUT2D eigenvalue weighted by Crippen LogP contribution is -2.54. The zero-order valence-corrected chi connectivity index (χ0v) is 20.1. The quantitative estimate of drug-likeness (QED) is 0.408. The Kier molecular flexibility index (Phi) is 6.54. The van der Waals surface area contributed by atoms with Crippen LogP contribution >= 0.6 is 0 Å². The Bertz CT molecular complexity index is 1330. The molecule has 0 spiro atoms. The van der Waals surface area contributed by atoms with Crippen LogP contribution in [0.15, 0.2) is 78.4 Å². The first-order valence-corrected chi connectivity index (χ1v) is 12.1. The number of anilines is 2. The standard InChI is InChI=1S/C29H27N3O4/c1-2-36-24-13-11-23(12-14-24)32-28(34)25(27(33)30-29(32)35)18-21-10-15-26-22(17-21)9-6-16-31(26)19-20-7-4-3-5-8-20/h3-5,7-8,10-15,17-18H,2,6,9,16,19H2,1H3,(H,30,33,35). The number of barbiturate groups is 1. The molecule has 0 atom stereocenters. The first-order valence-electron chi connectivity index (χ1n) is 12.1. The van der Waals surface area contributed by atoms with Gasteiger partial charge in [-0.15, -0.1) is 0 Å². The number of imide groups is 2.